The minimum Gasteiger partial charge on any atom is -0.461 e. The predicted molar refractivity (Wildman–Crippen MR) is 100 cm³/mol. The molecule has 26 heavy (non-hydrogen) atoms. The molecule has 1 saturated carbocycles. The molecule has 0 saturated heterocycles. The van der Waals surface area contributed by atoms with E-state index in [9.17, 15) is 9.59 Å². The van der Waals surface area contributed by atoms with E-state index in [4.69, 9.17) is 9.47 Å². The molecule has 4 heteroatoms. The van der Waals surface area contributed by atoms with Gasteiger partial charge >= 0.3 is 11.9 Å². The van der Waals surface area contributed by atoms with Crippen molar-refractivity contribution >= 4 is 11.9 Å². The molecule has 0 unspecified atom stereocenters. The van der Waals surface area contributed by atoms with Crippen LogP contribution in [0.4, 0.5) is 0 Å². The number of carbonyl (C=O) groups is 2. The molecule has 0 bridgehead atoms. The van der Waals surface area contributed by atoms with E-state index in [1.54, 1.807) is 0 Å². The zero-order valence-electron chi connectivity index (χ0n) is 16.6. The third-order valence-corrected chi connectivity index (χ3v) is 7.54. The van der Waals surface area contributed by atoms with Crippen LogP contribution < -0.4 is 0 Å². The highest BCUT2D eigenvalue weighted by Crippen LogP contribution is 2.62. The van der Waals surface area contributed by atoms with Gasteiger partial charge in [-0.1, -0.05) is 26.8 Å². The van der Waals surface area contributed by atoms with Crippen LogP contribution >= 0.6 is 0 Å². The summed E-state index contributed by atoms with van der Waals surface area (Å²) in [6.45, 7) is 9.46. The van der Waals surface area contributed by atoms with Gasteiger partial charge in [-0.15, -0.1) is 0 Å². The van der Waals surface area contributed by atoms with Crippen molar-refractivity contribution in [3.05, 3.63) is 23.3 Å². The number of hydrogen-bond donors (Lipinski definition) is 0. The fourth-order valence-corrected chi connectivity index (χ4v) is 5.61. The summed E-state index contributed by atoms with van der Waals surface area (Å²) in [5, 5.41) is 0. The smallest absolute Gasteiger partial charge is 0.334 e. The minimum absolute atomic E-state index is 0.0829. The van der Waals surface area contributed by atoms with Crippen molar-refractivity contribution in [3.63, 3.8) is 0 Å². The van der Waals surface area contributed by atoms with Crippen molar-refractivity contribution < 1.29 is 19.1 Å². The number of fused-ring (bicyclic) bond motifs is 1. The average molecular weight is 360 g/mol. The molecule has 1 aliphatic heterocycles. The van der Waals surface area contributed by atoms with Crippen molar-refractivity contribution in [2.24, 2.45) is 22.7 Å². The molecule has 4 atom stereocenters. The molecule has 0 aromatic heterocycles. The number of rotatable bonds is 5. The normalized spacial score (nSPS) is 36.7. The van der Waals surface area contributed by atoms with Gasteiger partial charge in [0.05, 0.1) is 0 Å². The first-order valence-corrected chi connectivity index (χ1v) is 9.96. The van der Waals surface area contributed by atoms with E-state index in [2.05, 4.69) is 26.8 Å². The molecule has 0 aromatic carbocycles. The lowest BCUT2D eigenvalue weighted by Gasteiger charge is -2.58. The van der Waals surface area contributed by atoms with Crippen LogP contribution in [0.15, 0.2) is 23.3 Å². The van der Waals surface area contributed by atoms with Crippen LogP contribution in [0.2, 0.25) is 0 Å². The van der Waals surface area contributed by atoms with E-state index in [1.165, 1.54) is 25.3 Å². The van der Waals surface area contributed by atoms with Crippen LogP contribution in [0.3, 0.4) is 0 Å². The summed E-state index contributed by atoms with van der Waals surface area (Å²) in [6, 6.07) is 0. The molecule has 3 aliphatic rings. The topological polar surface area (TPSA) is 52.6 Å². The largest absolute Gasteiger partial charge is 0.461 e. The Kier molecular flexibility index (Phi) is 5.32. The molecule has 1 heterocycles. The van der Waals surface area contributed by atoms with Crippen molar-refractivity contribution in [3.8, 4) is 0 Å². The van der Waals surface area contributed by atoms with Crippen molar-refractivity contribution in [2.45, 2.75) is 66.2 Å². The van der Waals surface area contributed by atoms with Crippen LogP contribution in [0.25, 0.3) is 0 Å². The third kappa shape index (κ3) is 3.35. The first kappa shape index (κ1) is 19.2. The molecule has 2 aliphatic carbocycles. The van der Waals surface area contributed by atoms with Gasteiger partial charge in [-0.25, -0.2) is 4.79 Å². The van der Waals surface area contributed by atoms with Crippen molar-refractivity contribution in [1.29, 1.82) is 0 Å². The Morgan fingerprint density at radius 2 is 2.08 bits per heavy atom. The molecular formula is C22H32O4. The van der Waals surface area contributed by atoms with Gasteiger partial charge in [-0.2, -0.15) is 0 Å². The van der Waals surface area contributed by atoms with Gasteiger partial charge in [0.2, 0.25) is 0 Å². The summed E-state index contributed by atoms with van der Waals surface area (Å²) in [7, 11) is 0. The Morgan fingerprint density at radius 3 is 2.73 bits per heavy atom. The van der Waals surface area contributed by atoms with Crippen LogP contribution in [-0.4, -0.2) is 25.2 Å². The second kappa shape index (κ2) is 7.21. The van der Waals surface area contributed by atoms with E-state index in [0.29, 0.717) is 25.0 Å². The zero-order valence-corrected chi connectivity index (χ0v) is 16.6. The number of allylic oxidation sites excluding steroid dienone is 1. The molecule has 0 N–H and O–H groups in total. The second-order valence-electron chi connectivity index (χ2n) is 8.83. The maximum atomic E-state index is 11.8. The molecule has 0 amide bonds. The summed E-state index contributed by atoms with van der Waals surface area (Å²) < 4.78 is 10.4. The van der Waals surface area contributed by atoms with Gasteiger partial charge in [0.25, 0.3) is 0 Å². The average Bonchev–Trinajstić information content (AvgIpc) is 3.00. The second-order valence-corrected chi connectivity index (χ2v) is 8.83. The maximum Gasteiger partial charge on any atom is 0.334 e. The van der Waals surface area contributed by atoms with Gasteiger partial charge < -0.3 is 9.47 Å². The molecule has 0 radical (unpaired) electrons. The number of esters is 2. The summed E-state index contributed by atoms with van der Waals surface area (Å²) in [6.07, 6.45) is 10.6. The third-order valence-electron chi connectivity index (χ3n) is 7.54. The van der Waals surface area contributed by atoms with E-state index >= 15 is 0 Å². The highest BCUT2D eigenvalue weighted by molar-refractivity contribution is 5.90. The van der Waals surface area contributed by atoms with Crippen LogP contribution in [0.1, 0.15) is 66.2 Å². The summed E-state index contributed by atoms with van der Waals surface area (Å²) >= 11 is 0. The zero-order chi connectivity index (χ0) is 18.9. The van der Waals surface area contributed by atoms with Crippen LogP contribution in [0.5, 0.6) is 0 Å². The molecule has 4 nitrogen and oxygen atoms in total. The van der Waals surface area contributed by atoms with E-state index in [0.717, 1.165) is 31.3 Å². The molecule has 0 aromatic rings. The summed E-state index contributed by atoms with van der Waals surface area (Å²) in [4.78, 5) is 23.1. The monoisotopic (exact) mass is 360 g/mol. The van der Waals surface area contributed by atoms with E-state index in [-0.39, 0.29) is 22.8 Å². The molecule has 1 fully saturated rings. The Balaban J connectivity index is 1.80. The fraction of sp³-hybridized carbons (Fsp3) is 0.727. The van der Waals surface area contributed by atoms with Crippen molar-refractivity contribution in [1.82, 2.24) is 0 Å². The highest BCUT2D eigenvalue weighted by Gasteiger charge is 2.53. The molecule has 144 valence electrons. The molecule has 0 spiro atoms. The SMILES string of the molecule is CC(=O)OCC1=CCC[C@@H]2[C@@](C)(CCC3=CCOC3=O)[C@H](C)CC[C@@]12C. The Labute approximate surface area is 157 Å². The number of carbonyl (C=O) groups excluding carboxylic acids is 2. The fourth-order valence-electron chi connectivity index (χ4n) is 5.61. The number of ether oxygens (including phenoxy) is 2. The summed E-state index contributed by atoms with van der Waals surface area (Å²) in [5.41, 5.74) is 2.39. The lowest BCUT2D eigenvalue weighted by atomic mass is 9.47. The predicted octanol–water partition coefficient (Wildman–Crippen LogP) is 4.59. The lowest BCUT2D eigenvalue weighted by molar-refractivity contribution is -0.141. The van der Waals surface area contributed by atoms with Crippen molar-refractivity contribution in [2.75, 3.05) is 13.2 Å². The Hall–Kier alpha value is -1.58. The highest BCUT2D eigenvalue weighted by atomic mass is 16.5. The summed E-state index contributed by atoms with van der Waals surface area (Å²) in [5.74, 6) is 0.813. The maximum absolute atomic E-state index is 11.8. The number of cyclic esters (lactones) is 1. The van der Waals surface area contributed by atoms with Crippen LogP contribution in [0, 0.1) is 22.7 Å². The van der Waals surface area contributed by atoms with E-state index in [1.807, 2.05) is 6.08 Å². The van der Waals surface area contributed by atoms with Gasteiger partial charge in [0.15, 0.2) is 0 Å². The van der Waals surface area contributed by atoms with Gasteiger partial charge in [-0.3, -0.25) is 4.79 Å². The molecular weight excluding hydrogens is 328 g/mol. The van der Waals surface area contributed by atoms with Gasteiger partial charge in [-0.05, 0) is 72.8 Å². The van der Waals surface area contributed by atoms with Gasteiger partial charge in [0.1, 0.15) is 13.2 Å². The lowest BCUT2D eigenvalue weighted by Crippen LogP contribution is -2.50. The first-order chi connectivity index (χ1) is 12.3. The minimum atomic E-state index is -0.213. The van der Waals surface area contributed by atoms with Gasteiger partial charge in [0, 0.05) is 12.5 Å². The van der Waals surface area contributed by atoms with E-state index < -0.39 is 0 Å². The Morgan fingerprint density at radius 1 is 1.31 bits per heavy atom. The number of hydrogen-bond acceptors (Lipinski definition) is 4. The van der Waals surface area contributed by atoms with Crippen LogP contribution in [-0.2, 0) is 19.1 Å². The first-order valence-electron chi connectivity index (χ1n) is 9.96. The Bertz CT molecular complexity index is 647. The quantitative estimate of drug-likeness (QED) is 0.531. The standard InChI is InChI=1S/C22H32O4/c1-15-8-11-22(4)18(14-26-16(2)23)6-5-7-19(22)21(15,3)12-9-17-10-13-25-20(17)24/h6,10,15,19H,5,7-9,11-14H2,1-4H3/t15-,19-,21+,22+/m1/s1. The molecule has 3 rings (SSSR count).